The van der Waals surface area contributed by atoms with Crippen LogP contribution in [0.1, 0.15) is 0 Å². The first-order valence-electron chi connectivity index (χ1n) is 8.25. The fourth-order valence-electron chi connectivity index (χ4n) is 2.06. The van der Waals surface area contributed by atoms with E-state index >= 15 is 0 Å². The minimum atomic E-state index is -5.17. The molecule has 0 saturated heterocycles. The van der Waals surface area contributed by atoms with Crippen LogP contribution in [0.5, 0.6) is 0 Å². The van der Waals surface area contributed by atoms with E-state index in [1.54, 1.807) is 24.8 Å². The van der Waals surface area contributed by atoms with Crippen molar-refractivity contribution in [1.82, 2.24) is 19.9 Å². The van der Waals surface area contributed by atoms with E-state index in [0.29, 0.717) is 0 Å². The maximum absolute atomic E-state index is 8.52. The van der Waals surface area contributed by atoms with Crippen molar-refractivity contribution in [1.29, 1.82) is 0 Å². The van der Waals surface area contributed by atoms with Crippen LogP contribution in [0.4, 0.5) is 0 Å². The van der Waals surface area contributed by atoms with Gasteiger partial charge in [-0.05, 0) is 48.5 Å². The maximum Gasteiger partial charge on any atom is 4.00 e. The number of aromatic nitrogens is 4. The molecule has 0 aliphatic carbocycles. The molecule has 0 atom stereocenters. The molecule has 157 valence electrons. The van der Waals surface area contributed by atoms with Gasteiger partial charge in [0.15, 0.2) is 0 Å². The van der Waals surface area contributed by atoms with Crippen LogP contribution in [0.25, 0.3) is 22.8 Å². The van der Waals surface area contributed by atoms with Gasteiger partial charge in [-0.15, -0.1) is 0 Å². The first-order valence-corrected chi connectivity index (χ1v) is 9.58. The Hall–Kier alpha value is -2.99. The second-order valence-electron chi connectivity index (χ2n) is 5.27. The predicted octanol–water partition coefficient (Wildman–Crippen LogP) is 2.83. The molecule has 0 aliphatic heterocycles. The van der Waals surface area contributed by atoms with Gasteiger partial charge in [-0.2, -0.15) is 0 Å². The van der Waals surface area contributed by atoms with E-state index in [-0.39, 0.29) is 24.0 Å². The fraction of sp³-hybridized carbons (Fsp3) is 0. The molecule has 4 heterocycles. The van der Waals surface area contributed by atoms with Crippen molar-refractivity contribution in [2.75, 3.05) is 0 Å². The van der Waals surface area contributed by atoms with E-state index in [1.807, 2.05) is 72.8 Å². The van der Waals surface area contributed by atoms with E-state index in [9.17, 15) is 0 Å². The van der Waals surface area contributed by atoms with E-state index in [0.717, 1.165) is 22.8 Å². The molecule has 0 fully saturated rings. The summed E-state index contributed by atoms with van der Waals surface area (Å²) in [4.78, 5) is 16.7. The number of hydrogen-bond donors (Lipinski definition) is 0. The number of nitrogens with zero attached hydrogens (tertiary/aromatic N) is 4. The zero-order valence-electron chi connectivity index (χ0n) is 15.9. The molecular weight excluding hydrogens is 459 g/mol. The predicted molar refractivity (Wildman–Crippen MR) is 106 cm³/mol. The fourth-order valence-corrected chi connectivity index (χ4v) is 2.06. The smallest absolute Gasteiger partial charge is 2.00 e. The standard InChI is InChI=1S/2C10H8N2.H2O4S.O.V/c2*1-3-7-11-9(5-1)10-6-2-4-8-12-10;1-5(2,3)4;;/h2*1-8H;(H2,1,2,3,4);;/q;;;-2;+4/p-2. The van der Waals surface area contributed by atoms with E-state index in [1.165, 1.54) is 0 Å². The molecule has 4 aromatic heterocycles. The van der Waals surface area contributed by atoms with Gasteiger partial charge < -0.3 is 14.6 Å². The molecule has 0 saturated carbocycles. The van der Waals surface area contributed by atoms with E-state index in [2.05, 4.69) is 19.9 Å². The second kappa shape index (κ2) is 14.9. The van der Waals surface area contributed by atoms with Crippen LogP contribution in [-0.2, 0) is 34.4 Å². The second-order valence-corrected chi connectivity index (χ2v) is 6.08. The molecule has 0 bridgehead atoms. The SMILES string of the molecule is O=S(=O)([O-])[O-].[O-2].[V+4].c1ccc(-c2ccccn2)nc1.c1ccc(-c2ccccn2)nc1. The van der Waals surface area contributed by atoms with Crippen molar-refractivity contribution in [2.45, 2.75) is 0 Å². The van der Waals surface area contributed by atoms with Crippen LogP contribution in [0.2, 0.25) is 0 Å². The first-order chi connectivity index (χ1) is 13.9. The molecule has 0 spiro atoms. The summed E-state index contributed by atoms with van der Waals surface area (Å²) >= 11 is 0. The molecule has 11 heteroatoms. The van der Waals surface area contributed by atoms with Crippen molar-refractivity contribution in [3.63, 3.8) is 0 Å². The Morgan fingerprint density at radius 1 is 0.516 bits per heavy atom. The number of hydrogen-bond acceptors (Lipinski definition) is 8. The normalized spacial score (nSPS) is 9.35. The minimum Gasteiger partial charge on any atom is -2.00 e. The molecular formula is C20H16N4O5SV. The molecule has 9 nitrogen and oxygen atoms in total. The molecule has 0 amide bonds. The average Bonchev–Trinajstić information content (AvgIpc) is 2.76. The van der Waals surface area contributed by atoms with Crippen molar-refractivity contribution < 1.29 is 41.6 Å². The molecule has 4 rings (SSSR count). The van der Waals surface area contributed by atoms with Gasteiger partial charge in [-0.25, -0.2) is 0 Å². The van der Waals surface area contributed by atoms with Crippen LogP contribution in [0.15, 0.2) is 97.6 Å². The van der Waals surface area contributed by atoms with Gasteiger partial charge in [0.2, 0.25) is 0 Å². The van der Waals surface area contributed by atoms with Gasteiger partial charge >= 0.3 is 18.6 Å². The Morgan fingerprint density at radius 2 is 0.710 bits per heavy atom. The zero-order valence-corrected chi connectivity index (χ0v) is 18.1. The summed E-state index contributed by atoms with van der Waals surface area (Å²) in [6.07, 6.45) is 7.07. The van der Waals surface area contributed by atoms with Gasteiger partial charge in [0.05, 0.1) is 22.8 Å². The quantitative estimate of drug-likeness (QED) is 0.316. The van der Waals surface area contributed by atoms with Crippen LogP contribution in [0, 0.1) is 0 Å². The Labute approximate surface area is 192 Å². The summed E-state index contributed by atoms with van der Waals surface area (Å²) in [5.74, 6) is 0. The minimum absolute atomic E-state index is 0. The summed E-state index contributed by atoms with van der Waals surface area (Å²) in [6.45, 7) is 0. The molecule has 0 unspecified atom stereocenters. The topological polar surface area (TPSA) is 160 Å². The zero-order chi connectivity index (χ0) is 21.0. The molecule has 0 N–H and O–H groups in total. The molecule has 0 aliphatic rings. The Bertz CT molecular complexity index is 918. The van der Waals surface area contributed by atoms with Crippen molar-refractivity contribution in [3.8, 4) is 22.8 Å². The maximum atomic E-state index is 8.52. The summed E-state index contributed by atoms with van der Waals surface area (Å²) in [5, 5.41) is 0. The summed E-state index contributed by atoms with van der Waals surface area (Å²) in [5.41, 5.74) is 3.66. The summed E-state index contributed by atoms with van der Waals surface area (Å²) in [6, 6.07) is 23.2. The third kappa shape index (κ3) is 12.3. The van der Waals surface area contributed by atoms with Crippen LogP contribution in [-0.4, -0.2) is 37.5 Å². The van der Waals surface area contributed by atoms with Gasteiger partial charge in [0.1, 0.15) is 0 Å². The van der Waals surface area contributed by atoms with E-state index < -0.39 is 10.4 Å². The van der Waals surface area contributed by atoms with Gasteiger partial charge in [0, 0.05) is 35.2 Å². The van der Waals surface area contributed by atoms with Crippen LogP contribution < -0.4 is 0 Å². The molecule has 4 aromatic rings. The third-order valence-corrected chi connectivity index (χ3v) is 3.18. The van der Waals surface area contributed by atoms with Crippen molar-refractivity contribution in [3.05, 3.63) is 97.6 Å². The summed E-state index contributed by atoms with van der Waals surface area (Å²) in [7, 11) is -5.17. The van der Waals surface area contributed by atoms with Gasteiger partial charge in [-0.1, -0.05) is 24.3 Å². The monoisotopic (exact) mass is 475 g/mol. The number of pyridine rings is 4. The van der Waals surface area contributed by atoms with Gasteiger partial charge in [-0.3, -0.25) is 28.4 Å². The van der Waals surface area contributed by atoms with Crippen LogP contribution in [0.3, 0.4) is 0 Å². The molecule has 31 heavy (non-hydrogen) atoms. The Morgan fingerprint density at radius 3 is 0.839 bits per heavy atom. The van der Waals surface area contributed by atoms with Gasteiger partial charge in [0.25, 0.3) is 0 Å². The largest absolute Gasteiger partial charge is 4.00 e. The van der Waals surface area contributed by atoms with Crippen molar-refractivity contribution in [2.24, 2.45) is 0 Å². The van der Waals surface area contributed by atoms with E-state index in [4.69, 9.17) is 17.5 Å². The molecule has 1 radical (unpaired) electrons. The number of rotatable bonds is 2. The Balaban J connectivity index is 0.000000457. The molecule has 0 aromatic carbocycles. The average molecular weight is 475 g/mol. The first kappa shape index (κ1) is 28.0. The Kier molecular flexibility index (Phi) is 13.5. The summed E-state index contributed by atoms with van der Waals surface area (Å²) < 4.78 is 34.1. The van der Waals surface area contributed by atoms with Crippen LogP contribution >= 0.6 is 0 Å². The third-order valence-electron chi connectivity index (χ3n) is 3.18. The van der Waals surface area contributed by atoms with Crippen molar-refractivity contribution >= 4 is 10.4 Å².